The molecule has 0 aromatic carbocycles. The molecule has 1 fully saturated rings. The molecule has 27 heavy (non-hydrogen) atoms. The fourth-order valence-corrected chi connectivity index (χ4v) is 2.97. The van der Waals surface area contributed by atoms with Gasteiger partial charge in [-0.25, -0.2) is 9.98 Å². The highest BCUT2D eigenvalue weighted by Gasteiger charge is 2.20. The number of hydrogen-bond acceptors (Lipinski definition) is 6. The van der Waals surface area contributed by atoms with E-state index >= 15 is 0 Å². The Balaban J connectivity index is 0.00000261. The fraction of sp³-hybridized carbons (Fsp3) is 0.556. The standard InChI is InChI=1S/C18H27N7O.HI/c1-4-19-18(21-12-16-22-14(3)26-24-16)23-15-7-9-25(10-8-15)17-6-5-13(2)11-20-17;/h5-6,11,15H,4,7-10,12H2,1-3H3,(H2,19,21,23);1H. The molecular weight excluding hydrogens is 457 g/mol. The molecule has 3 rings (SSSR count). The van der Waals surface area contributed by atoms with Crippen molar-refractivity contribution in [1.29, 1.82) is 0 Å². The minimum absolute atomic E-state index is 0. The van der Waals surface area contributed by atoms with E-state index in [1.165, 1.54) is 5.56 Å². The van der Waals surface area contributed by atoms with Crippen molar-refractivity contribution in [3.05, 3.63) is 35.6 Å². The quantitative estimate of drug-likeness (QED) is 0.382. The molecule has 9 heteroatoms. The van der Waals surface area contributed by atoms with Gasteiger partial charge in [0.15, 0.2) is 11.8 Å². The van der Waals surface area contributed by atoms with E-state index in [1.54, 1.807) is 6.92 Å². The number of nitrogens with zero attached hydrogens (tertiary/aromatic N) is 5. The first-order valence-corrected chi connectivity index (χ1v) is 9.15. The Hall–Kier alpha value is -1.91. The summed E-state index contributed by atoms with van der Waals surface area (Å²) in [4.78, 5) is 15.6. The van der Waals surface area contributed by atoms with E-state index in [1.807, 2.05) is 6.20 Å². The van der Waals surface area contributed by atoms with Crippen molar-refractivity contribution >= 4 is 35.8 Å². The lowest BCUT2D eigenvalue weighted by atomic mass is 10.1. The van der Waals surface area contributed by atoms with Gasteiger partial charge in [0.25, 0.3) is 0 Å². The third-order valence-corrected chi connectivity index (χ3v) is 4.35. The van der Waals surface area contributed by atoms with E-state index in [9.17, 15) is 0 Å². The number of hydrogen-bond donors (Lipinski definition) is 2. The Morgan fingerprint density at radius 2 is 2.07 bits per heavy atom. The predicted molar refractivity (Wildman–Crippen MR) is 117 cm³/mol. The number of halogens is 1. The molecule has 2 aromatic heterocycles. The summed E-state index contributed by atoms with van der Waals surface area (Å²) in [5.41, 5.74) is 1.19. The molecule has 0 saturated carbocycles. The Bertz CT molecular complexity index is 724. The molecule has 1 aliphatic rings. The van der Waals surface area contributed by atoms with E-state index in [-0.39, 0.29) is 24.0 Å². The van der Waals surface area contributed by atoms with E-state index in [0.717, 1.165) is 44.3 Å². The number of aliphatic imine (C=N–C) groups is 1. The van der Waals surface area contributed by atoms with Gasteiger partial charge in [0.05, 0.1) is 0 Å². The molecule has 148 valence electrons. The highest BCUT2D eigenvalue weighted by Crippen LogP contribution is 2.18. The molecule has 0 aliphatic carbocycles. The average molecular weight is 485 g/mol. The number of aromatic nitrogens is 3. The number of aryl methyl sites for hydroxylation is 2. The van der Waals surface area contributed by atoms with Crippen molar-refractivity contribution in [2.24, 2.45) is 4.99 Å². The van der Waals surface area contributed by atoms with E-state index in [4.69, 9.17) is 4.52 Å². The molecule has 0 atom stereocenters. The van der Waals surface area contributed by atoms with Crippen molar-refractivity contribution in [3.8, 4) is 0 Å². The topological polar surface area (TPSA) is 91.5 Å². The first kappa shape index (κ1) is 21.4. The normalized spacial score (nSPS) is 15.4. The third-order valence-electron chi connectivity index (χ3n) is 4.35. The van der Waals surface area contributed by atoms with Gasteiger partial charge < -0.3 is 20.1 Å². The molecule has 3 heterocycles. The Kier molecular flexibility index (Phi) is 8.26. The first-order chi connectivity index (χ1) is 12.6. The van der Waals surface area contributed by atoms with Gasteiger partial charge in [-0.2, -0.15) is 4.98 Å². The van der Waals surface area contributed by atoms with Crippen LogP contribution in [0.2, 0.25) is 0 Å². The van der Waals surface area contributed by atoms with Crippen LogP contribution >= 0.6 is 24.0 Å². The molecule has 0 unspecified atom stereocenters. The van der Waals surface area contributed by atoms with Gasteiger partial charge >= 0.3 is 0 Å². The second-order valence-electron chi connectivity index (χ2n) is 6.52. The summed E-state index contributed by atoms with van der Waals surface area (Å²) in [7, 11) is 0. The number of pyridine rings is 1. The van der Waals surface area contributed by atoms with Gasteiger partial charge in [0.2, 0.25) is 5.89 Å². The Morgan fingerprint density at radius 3 is 2.67 bits per heavy atom. The largest absolute Gasteiger partial charge is 0.357 e. The van der Waals surface area contributed by atoms with Crippen LogP contribution in [-0.4, -0.2) is 46.8 Å². The summed E-state index contributed by atoms with van der Waals surface area (Å²) >= 11 is 0. The molecule has 2 N–H and O–H groups in total. The highest BCUT2D eigenvalue weighted by molar-refractivity contribution is 14.0. The molecule has 1 aliphatic heterocycles. The van der Waals surface area contributed by atoms with Crippen LogP contribution in [0.4, 0.5) is 5.82 Å². The molecule has 0 amide bonds. The molecule has 1 saturated heterocycles. The summed E-state index contributed by atoms with van der Waals surface area (Å²) in [5.74, 6) is 3.01. The zero-order chi connectivity index (χ0) is 18.4. The summed E-state index contributed by atoms with van der Waals surface area (Å²) < 4.78 is 4.99. The molecular formula is C18H28IN7O. The van der Waals surface area contributed by atoms with E-state index < -0.39 is 0 Å². The maximum absolute atomic E-state index is 4.99. The van der Waals surface area contributed by atoms with Crippen LogP contribution in [0.5, 0.6) is 0 Å². The van der Waals surface area contributed by atoms with Gasteiger partial charge in [-0.1, -0.05) is 11.2 Å². The van der Waals surface area contributed by atoms with E-state index in [0.29, 0.717) is 24.3 Å². The molecule has 2 aromatic rings. The van der Waals surface area contributed by atoms with Crippen molar-refractivity contribution in [2.45, 2.75) is 46.2 Å². The summed E-state index contributed by atoms with van der Waals surface area (Å²) in [5, 5.41) is 10.7. The van der Waals surface area contributed by atoms with Gasteiger partial charge in [-0.3, -0.25) is 0 Å². The predicted octanol–water partition coefficient (Wildman–Crippen LogP) is 2.42. The molecule has 0 radical (unpaired) electrons. The molecule has 8 nitrogen and oxygen atoms in total. The number of guanidine groups is 1. The van der Waals surface area contributed by atoms with Crippen LogP contribution < -0.4 is 15.5 Å². The second-order valence-corrected chi connectivity index (χ2v) is 6.52. The Morgan fingerprint density at radius 1 is 1.30 bits per heavy atom. The number of piperidine rings is 1. The maximum Gasteiger partial charge on any atom is 0.223 e. The Labute approximate surface area is 177 Å². The van der Waals surface area contributed by atoms with E-state index in [2.05, 4.69) is 61.6 Å². The summed E-state index contributed by atoms with van der Waals surface area (Å²) in [6, 6.07) is 4.60. The van der Waals surface area contributed by atoms with Crippen molar-refractivity contribution in [3.63, 3.8) is 0 Å². The lowest BCUT2D eigenvalue weighted by molar-refractivity contribution is 0.387. The molecule has 0 bridgehead atoms. The van der Waals surface area contributed by atoms with Gasteiger partial charge in [0, 0.05) is 38.8 Å². The smallest absolute Gasteiger partial charge is 0.223 e. The van der Waals surface area contributed by atoms with Crippen molar-refractivity contribution in [1.82, 2.24) is 25.8 Å². The SMILES string of the molecule is CCNC(=NCc1noc(C)n1)NC1CCN(c2ccc(C)cn2)CC1.I. The summed E-state index contributed by atoms with van der Waals surface area (Å²) in [6.45, 7) is 9.07. The first-order valence-electron chi connectivity index (χ1n) is 9.15. The van der Waals surface area contributed by atoms with Crippen LogP contribution in [-0.2, 0) is 6.54 Å². The van der Waals surface area contributed by atoms with Crippen molar-refractivity contribution < 1.29 is 4.52 Å². The van der Waals surface area contributed by atoms with Crippen LogP contribution in [0.3, 0.4) is 0 Å². The lowest BCUT2D eigenvalue weighted by Gasteiger charge is -2.33. The minimum atomic E-state index is 0. The zero-order valence-electron chi connectivity index (χ0n) is 16.1. The number of rotatable bonds is 5. The fourth-order valence-electron chi connectivity index (χ4n) is 2.97. The van der Waals surface area contributed by atoms with Gasteiger partial charge in [-0.15, -0.1) is 24.0 Å². The van der Waals surface area contributed by atoms with Crippen molar-refractivity contribution in [2.75, 3.05) is 24.5 Å². The minimum Gasteiger partial charge on any atom is -0.357 e. The molecule has 0 spiro atoms. The monoisotopic (exact) mass is 485 g/mol. The average Bonchev–Trinajstić information content (AvgIpc) is 3.07. The number of nitrogens with one attached hydrogen (secondary N) is 2. The van der Waals surface area contributed by atoms with Gasteiger partial charge in [0.1, 0.15) is 12.4 Å². The zero-order valence-corrected chi connectivity index (χ0v) is 18.4. The lowest BCUT2D eigenvalue weighted by Crippen LogP contribution is -2.48. The summed E-state index contributed by atoms with van der Waals surface area (Å²) in [6.07, 6.45) is 4.01. The van der Waals surface area contributed by atoms with Crippen LogP contribution in [0.25, 0.3) is 0 Å². The number of anilines is 1. The van der Waals surface area contributed by atoms with Gasteiger partial charge in [-0.05, 0) is 38.3 Å². The third kappa shape index (κ3) is 6.33. The highest BCUT2D eigenvalue weighted by atomic mass is 127. The van der Waals surface area contributed by atoms with Crippen LogP contribution in [0.15, 0.2) is 27.8 Å². The maximum atomic E-state index is 4.99. The van der Waals surface area contributed by atoms with Crippen LogP contribution in [0.1, 0.15) is 37.0 Å². The second kappa shape index (κ2) is 10.4. The van der Waals surface area contributed by atoms with Crippen LogP contribution in [0, 0.1) is 13.8 Å².